The van der Waals surface area contributed by atoms with Gasteiger partial charge >= 0.3 is 0 Å². The predicted molar refractivity (Wildman–Crippen MR) is 391 cm³/mol. The number of aliphatic hydroxyl groups is 1. The van der Waals surface area contributed by atoms with Crippen molar-refractivity contribution in [2.45, 2.75) is 180 Å². The van der Waals surface area contributed by atoms with Crippen molar-refractivity contribution >= 4 is 97.8 Å². The van der Waals surface area contributed by atoms with Crippen LogP contribution in [-0.4, -0.2) is 201 Å². The summed E-state index contributed by atoms with van der Waals surface area (Å²) in [5, 5.41) is 46.8. The van der Waals surface area contributed by atoms with Crippen molar-refractivity contribution in [3.05, 3.63) is 125 Å². The van der Waals surface area contributed by atoms with Crippen LogP contribution in [0.4, 0.5) is 4.39 Å². The van der Waals surface area contributed by atoms with Gasteiger partial charge in [0.2, 0.25) is 70.9 Å². The number of fused-ring (bicyclic) bond motifs is 1. The third-order valence-corrected chi connectivity index (χ3v) is 17.9. The number of aliphatic hydroxyl groups excluding tert-OH is 1. The Bertz CT molecular complexity index is 4130. The van der Waals surface area contributed by atoms with Crippen molar-refractivity contribution in [2.75, 3.05) is 25.9 Å². The lowest BCUT2D eigenvalue weighted by molar-refractivity contribution is -0.140. The minimum Gasteiger partial charge on any atom is -0.390 e. The molecule has 10 atom stereocenters. The first-order valence-corrected chi connectivity index (χ1v) is 36.7. The van der Waals surface area contributed by atoms with E-state index < -0.39 is 190 Å². The largest absolute Gasteiger partial charge is 0.390 e. The maximum absolute atomic E-state index is 14.5. The highest BCUT2D eigenvalue weighted by Gasteiger charge is 2.36. The average Bonchev–Trinajstić information content (AvgIpc) is 1.28. The molecule has 5 rings (SSSR count). The van der Waals surface area contributed by atoms with E-state index >= 15 is 0 Å². The standard InChI is InChI=1S/C72H98FN17O17S/c1-39(2)26-52(58(91)32-61(94)83-53(64(76)96)27-40(3)4)85-70(102)56(31-47-35-77-38-80-47)84-62(95)36-90(8)72(104)63(41(5)6)89-65(97)42(7)81-69(101)55(30-46-34-79-50-19-13-12-18-48(46)50)87-68(100)51(23-24-59(75)92)82-60(93)20-14-15-25-78-67(99)54(28-43-16-10-9-11-17-43)86-71(103)57(37-108(105,106)107)88-66(98)44-21-22-49(73)45(29-44)33-74/h9-13,16-19,21-22,29,34-35,38-42,51-58,63,79,91H,14-15,20,23-28,30-32,36-37H2,1-8H3,(H2,75,92)(H2,76,96)(H,77,80)(H,78,99)(H,81,101)(H,82,93)(H,83,94)(H,84,95)(H,85,102)(H,86,103)(H,87,100)(H,88,98)(H,89,97)(H,105,106,107)/t42-,51-,52-,53-,54+,55-,56-,57-,58-,63-/m0/s1/i73-1. The molecule has 3 aromatic carbocycles. The number of likely N-dealkylation sites (N-methyl/N-ethyl adjacent to an activating group) is 1. The number of nitrogens with two attached hydrogens (primary N) is 2. The van der Waals surface area contributed by atoms with Crippen LogP contribution < -0.4 is 64.6 Å². The number of hydrogen-bond acceptors (Lipinski definition) is 18. The average molecular weight is 1520 g/mol. The molecule has 34 nitrogen and oxygen atoms in total. The Morgan fingerprint density at radius 2 is 1.25 bits per heavy atom. The molecule has 0 bridgehead atoms. The van der Waals surface area contributed by atoms with Gasteiger partial charge in [-0.15, -0.1) is 0 Å². The summed E-state index contributed by atoms with van der Waals surface area (Å²) >= 11 is 0. The van der Waals surface area contributed by atoms with Crippen LogP contribution in [0.1, 0.15) is 133 Å². The molecule has 13 amide bonds. The molecule has 0 saturated heterocycles. The van der Waals surface area contributed by atoms with Gasteiger partial charge in [0.25, 0.3) is 16.0 Å². The van der Waals surface area contributed by atoms with E-state index in [0.717, 1.165) is 23.1 Å². The fraction of sp³-hybridized carbons (Fsp3) is 0.486. The molecule has 2 heterocycles. The summed E-state index contributed by atoms with van der Waals surface area (Å²) in [6.45, 7) is 11.2. The summed E-state index contributed by atoms with van der Waals surface area (Å²) in [7, 11) is -3.68. The molecule has 0 aliphatic carbocycles. The summed E-state index contributed by atoms with van der Waals surface area (Å²) in [5.74, 6) is -14.1. The first-order chi connectivity index (χ1) is 50.9. The smallest absolute Gasteiger partial charge is 0.267 e. The first kappa shape index (κ1) is 87.4. The van der Waals surface area contributed by atoms with Gasteiger partial charge in [0.05, 0.1) is 37.0 Å². The summed E-state index contributed by atoms with van der Waals surface area (Å²) < 4.78 is 47.9. The Balaban J connectivity index is 1.23. The van der Waals surface area contributed by atoms with E-state index in [9.17, 15) is 90.1 Å². The molecule has 0 spiro atoms. The predicted octanol–water partition coefficient (Wildman–Crippen LogP) is -0.491. The van der Waals surface area contributed by atoms with Crippen LogP contribution in [0.25, 0.3) is 10.9 Å². The van der Waals surface area contributed by atoms with Gasteiger partial charge in [-0.1, -0.05) is 90.1 Å². The summed E-state index contributed by atoms with van der Waals surface area (Å²) in [6, 6.07) is 7.08. The number of nitriles is 1. The van der Waals surface area contributed by atoms with Gasteiger partial charge in [-0.25, -0.2) is 9.37 Å². The number of halogens is 1. The quantitative estimate of drug-likeness (QED) is 0.0173. The maximum atomic E-state index is 14.5. The molecular formula is C72H98FN17O17S. The Hall–Kier alpha value is -11.2. The third kappa shape index (κ3) is 29.3. The number of amides is 13. The fourth-order valence-electron chi connectivity index (χ4n) is 11.5. The van der Waals surface area contributed by atoms with Gasteiger partial charge in [0.15, 0.2) is 0 Å². The summed E-state index contributed by atoms with van der Waals surface area (Å²) in [5.41, 5.74) is 12.3. The molecular weight excluding hydrogens is 1420 g/mol. The number of H-pyrrole nitrogens is 2. The van der Waals surface area contributed by atoms with Gasteiger partial charge in [-0.2, -0.15) is 13.7 Å². The Kier molecular flexibility index (Phi) is 34.2. The summed E-state index contributed by atoms with van der Waals surface area (Å²) in [4.78, 5) is 188. The lowest BCUT2D eigenvalue weighted by Gasteiger charge is -2.30. The van der Waals surface area contributed by atoms with Crippen molar-refractivity contribution in [3.8, 4) is 6.07 Å². The molecule has 108 heavy (non-hydrogen) atoms. The molecule has 0 aliphatic rings. The summed E-state index contributed by atoms with van der Waals surface area (Å²) in [6.07, 6.45) is 1.59. The number of para-hydroxylation sites is 1. The third-order valence-electron chi connectivity index (χ3n) is 17.1. The number of aromatic nitrogens is 3. The minimum atomic E-state index is -4.97. The SMILES string of the molecule is CC(C)C[C@H](NC(=O)C[C@H](O)[C@H](CC(C)C)NC(=O)[C@H](Cc1cnc[nH]1)NC(=O)CN(C)C(=O)[C@@H](NC(=O)[C@H](C)NC(=O)[C@H](Cc1c[nH]c2ccccc12)NC(=O)[C@H](CCC(N)=O)NC(=O)CCCCNC(=O)[C@@H](Cc1ccccc1)NC(=O)[C@H](CS(=O)(=O)O)NC(=O)c1ccc([18F])c(C#N)c1)C(C)C)C(N)=O. The number of carbonyl (C=O) groups is 13. The lowest BCUT2D eigenvalue weighted by Crippen LogP contribution is -2.59. The van der Waals surface area contributed by atoms with Crippen molar-refractivity contribution in [1.29, 1.82) is 5.26 Å². The monoisotopic (exact) mass is 1520 g/mol. The molecule has 2 aromatic heterocycles. The second kappa shape index (κ2) is 42.2. The highest BCUT2D eigenvalue weighted by Crippen LogP contribution is 2.21. The number of nitrogens with zero attached hydrogens (tertiary/aromatic N) is 3. The van der Waals surface area contributed by atoms with E-state index in [1.54, 1.807) is 80.7 Å². The van der Waals surface area contributed by atoms with E-state index in [1.807, 2.05) is 27.7 Å². The van der Waals surface area contributed by atoms with Crippen LogP contribution in [0.3, 0.4) is 0 Å². The van der Waals surface area contributed by atoms with Gasteiger partial charge in [-0.3, -0.25) is 66.9 Å². The topological polar surface area (TPSA) is 540 Å². The maximum Gasteiger partial charge on any atom is 0.267 e. The highest BCUT2D eigenvalue weighted by atomic mass is 32.2. The number of benzene rings is 3. The van der Waals surface area contributed by atoms with Gasteiger partial charge in [-0.05, 0) is 92.2 Å². The molecule has 0 unspecified atom stereocenters. The van der Waals surface area contributed by atoms with Crippen LogP contribution in [0.5, 0.6) is 0 Å². The molecule has 0 aliphatic heterocycles. The zero-order valence-corrected chi connectivity index (χ0v) is 62.2. The van der Waals surface area contributed by atoms with Crippen LogP contribution in [0.2, 0.25) is 0 Å². The van der Waals surface area contributed by atoms with E-state index in [2.05, 4.69) is 68.1 Å². The minimum absolute atomic E-state index is 0.00470. The highest BCUT2D eigenvalue weighted by molar-refractivity contribution is 7.85. The number of nitrogens with one attached hydrogen (secondary N) is 12. The van der Waals surface area contributed by atoms with Crippen LogP contribution in [-0.2, 0) is 86.9 Å². The number of hydrogen-bond donors (Lipinski definition) is 16. The molecule has 586 valence electrons. The zero-order valence-electron chi connectivity index (χ0n) is 61.4. The second-order valence-corrected chi connectivity index (χ2v) is 29.1. The number of unbranched alkanes of at least 4 members (excludes halogenated alkanes) is 1. The molecule has 0 fully saturated rings. The van der Waals surface area contributed by atoms with Crippen LogP contribution >= 0.6 is 0 Å². The normalized spacial score (nSPS) is 14.2. The molecule has 0 radical (unpaired) electrons. The molecule has 36 heteroatoms. The zero-order chi connectivity index (χ0) is 80.1. The molecule has 0 saturated carbocycles. The van der Waals surface area contributed by atoms with Crippen LogP contribution in [0, 0.1) is 34.9 Å². The number of aromatic amines is 2. The van der Waals surface area contributed by atoms with Gasteiger partial charge in [0, 0.05) is 80.3 Å². The number of carbonyl (C=O) groups excluding carboxylic acids is 13. The van der Waals surface area contributed by atoms with Gasteiger partial charge < -0.3 is 84.6 Å². The Morgan fingerprint density at radius 3 is 1.87 bits per heavy atom. The number of rotatable bonds is 44. The van der Waals surface area contributed by atoms with Crippen molar-refractivity contribution in [2.24, 2.45) is 29.2 Å². The van der Waals surface area contributed by atoms with Crippen molar-refractivity contribution in [3.63, 3.8) is 0 Å². The van der Waals surface area contributed by atoms with Crippen molar-refractivity contribution < 1.29 is 84.8 Å². The lowest BCUT2D eigenvalue weighted by atomic mass is 9.96. The number of primary amides is 2. The Morgan fingerprint density at radius 1 is 0.639 bits per heavy atom. The van der Waals surface area contributed by atoms with Crippen LogP contribution in [0.15, 0.2) is 91.5 Å². The fourth-order valence-corrected chi connectivity index (χ4v) is 12.1. The van der Waals surface area contributed by atoms with E-state index in [-0.39, 0.29) is 81.7 Å². The van der Waals surface area contributed by atoms with E-state index in [4.69, 9.17) is 11.5 Å². The first-order valence-electron chi connectivity index (χ1n) is 35.1. The molecule has 5 aromatic rings. The van der Waals surface area contributed by atoms with E-state index in [0.29, 0.717) is 27.7 Å². The second-order valence-electron chi connectivity index (χ2n) is 27.6. The molecule has 18 N–H and O–H groups in total. The van der Waals surface area contributed by atoms with E-state index in [1.165, 1.54) is 26.5 Å². The van der Waals surface area contributed by atoms with Gasteiger partial charge in [0.1, 0.15) is 66.0 Å². The van der Waals surface area contributed by atoms with Crippen molar-refractivity contribution in [1.82, 2.24) is 73.0 Å². The number of imidazole rings is 1. The Labute approximate surface area is 624 Å².